The second-order valence-corrected chi connectivity index (χ2v) is 16.3. The fourth-order valence-electron chi connectivity index (χ4n) is 6.35. The number of benzene rings is 3. The molecule has 0 unspecified atom stereocenters. The third-order valence-electron chi connectivity index (χ3n) is 10.3. The molecule has 0 heterocycles. The van der Waals surface area contributed by atoms with Gasteiger partial charge in [0.15, 0.2) is 0 Å². The van der Waals surface area contributed by atoms with Crippen LogP contribution < -0.4 is 9.47 Å². The Bertz CT molecular complexity index is 2170. The largest absolute Gasteiger partial charge is 0.494 e. The minimum atomic E-state index is -1.53. The molecular weight excluding hydrogens is 861 g/mol. The number of carbonyl (C=O) groups is 6. The number of unbranched alkanes of at least 4 members (excludes halogenated alkanes) is 3. The lowest BCUT2D eigenvalue weighted by molar-refractivity contribution is -0.163. The van der Waals surface area contributed by atoms with Gasteiger partial charge in [-0.3, -0.25) is 9.59 Å². The van der Waals surface area contributed by atoms with Crippen molar-refractivity contribution in [3.8, 4) is 22.6 Å². The first-order chi connectivity index (χ1) is 32.0. The lowest BCUT2D eigenvalue weighted by atomic mass is 9.92. The van der Waals surface area contributed by atoms with E-state index in [4.69, 9.17) is 28.4 Å². The topological polar surface area (TPSA) is 176 Å². The third kappa shape index (κ3) is 19.2. The summed E-state index contributed by atoms with van der Waals surface area (Å²) in [7, 11) is 2.28. The van der Waals surface area contributed by atoms with E-state index in [0.717, 1.165) is 61.5 Å². The van der Waals surface area contributed by atoms with Crippen LogP contribution in [-0.2, 0) is 76.6 Å². The van der Waals surface area contributed by atoms with Crippen LogP contribution >= 0.6 is 0 Å². The summed E-state index contributed by atoms with van der Waals surface area (Å²) in [6, 6.07) is 21.2. The van der Waals surface area contributed by atoms with Gasteiger partial charge in [0.25, 0.3) is 0 Å². The van der Waals surface area contributed by atoms with Crippen molar-refractivity contribution in [2.75, 3.05) is 47.3 Å². The lowest BCUT2D eigenvalue weighted by Crippen LogP contribution is -2.44. The van der Waals surface area contributed by atoms with E-state index in [1.54, 1.807) is 31.2 Å². The van der Waals surface area contributed by atoms with Gasteiger partial charge in [0.2, 0.25) is 0 Å². The SMILES string of the molecule is C=C(C)C(=O)OCc1cc(CCCOc2ccc(CCCCCC)cc2)ccc1-c1ccc(OCC(COC(=O)CC(=C)C(=O)OC)(COC(=O)CC(=C)C(=O)OC)COC(=O)C(=C)C)cc1. The quantitative estimate of drug-likeness (QED) is 0.0268. The van der Waals surface area contributed by atoms with E-state index in [-0.39, 0.29) is 35.5 Å². The zero-order chi connectivity index (χ0) is 49.4. The monoisotopic (exact) mass is 924 g/mol. The number of ether oxygens (including phenoxy) is 8. The Kier molecular flexibility index (Phi) is 22.9. The summed E-state index contributed by atoms with van der Waals surface area (Å²) in [4.78, 5) is 74.6. The van der Waals surface area contributed by atoms with E-state index < -0.39 is 73.9 Å². The molecule has 0 aliphatic carbocycles. The number of methoxy groups -OCH3 is 2. The minimum Gasteiger partial charge on any atom is -0.494 e. The fraction of sp³-hybridized carbons (Fsp3) is 0.396. The highest BCUT2D eigenvalue weighted by atomic mass is 16.6. The molecule has 0 spiro atoms. The molecule has 0 N–H and O–H groups in total. The van der Waals surface area contributed by atoms with Crippen LogP contribution in [-0.4, -0.2) is 83.1 Å². The van der Waals surface area contributed by atoms with Gasteiger partial charge in [-0.25, -0.2) is 19.2 Å². The van der Waals surface area contributed by atoms with E-state index in [9.17, 15) is 28.8 Å². The maximum Gasteiger partial charge on any atom is 0.333 e. The maximum absolute atomic E-state index is 12.9. The lowest BCUT2D eigenvalue weighted by Gasteiger charge is -2.32. The Morgan fingerprint density at radius 3 is 1.60 bits per heavy atom. The average molecular weight is 925 g/mol. The van der Waals surface area contributed by atoms with Crippen LogP contribution in [0.15, 0.2) is 115 Å². The molecule has 3 aromatic rings. The predicted octanol–water partition coefficient (Wildman–Crippen LogP) is 8.92. The first-order valence-corrected chi connectivity index (χ1v) is 22.0. The first kappa shape index (κ1) is 54.4. The van der Waals surface area contributed by atoms with Crippen LogP contribution in [0, 0.1) is 5.41 Å². The summed E-state index contributed by atoms with van der Waals surface area (Å²) in [5, 5.41) is 0. The standard InChI is InChI=1S/C53H64O14/c1-10-11-12-13-15-40-17-22-44(23-18-40)62-27-14-16-41-19-26-46(43(30-41)31-63-49(56)36(2)3)42-20-24-45(25-21-42)64-32-53(35-67-50(57)37(4)5,33-65-47(54)28-38(6)51(58)60-8)34-66-48(55)29-39(7)52(59)61-9/h17-26,30H,2,4,6-7,10-16,27-29,31-35H2,1,3,5,8-9H3. The Morgan fingerprint density at radius 1 is 0.537 bits per heavy atom. The molecule has 3 aromatic carbocycles. The number of esters is 6. The summed E-state index contributed by atoms with van der Waals surface area (Å²) in [6.07, 6.45) is 6.40. The van der Waals surface area contributed by atoms with Gasteiger partial charge in [-0.2, -0.15) is 0 Å². The van der Waals surface area contributed by atoms with Crippen molar-refractivity contribution in [1.29, 1.82) is 0 Å². The van der Waals surface area contributed by atoms with E-state index in [0.29, 0.717) is 12.4 Å². The van der Waals surface area contributed by atoms with Gasteiger partial charge in [0.1, 0.15) is 49.9 Å². The van der Waals surface area contributed by atoms with Crippen molar-refractivity contribution in [2.45, 2.75) is 85.2 Å². The molecule has 14 nitrogen and oxygen atoms in total. The van der Waals surface area contributed by atoms with E-state index in [1.165, 1.54) is 38.2 Å². The fourth-order valence-corrected chi connectivity index (χ4v) is 6.35. The van der Waals surface area contributed by atoms with Crippen molar-refractivity contribution in [2.24, 2.45) is 5.41 Å². The summed E-state index contributed by atoms with van der Waals surface area (Å²) in [6.45, 7) is 18.3. The highest BCUT2D eigenvalue weighted by Gasteiger charge is 2.38. The summed E-state index contributed by atoms with van der Waals surface area (Å²) >= 11 is 0. The molecule has 0 aliphatic heterocycles. The Balaban J connectivity index is 1.83. The molecule has 0 amide bonds. The van der Waals surface area contributed by atoms with Crippen molar-refractivity contribution in [1.82, 2.24) is 0 Å². The Labute approximate surface area is 393 Å². The number of hydrogen-bond acceptors (Lipinski definition) is 14. The maximum atomic E-state index is 12.9. The minimum absolute atomic E-state index is 0.00275. The van der Waals surface area contributed by atoms with Crippen LogP contribution in [0.3, 0.4) is 0 Å². The number of hydrogen-bond donors (Lipinski definition) is 0. The van der Waals surface area contributed by atoms with Crippen molar-refractivity contribution in [3.63, 3.8) is 0 Å². The Morgan fingerprint density at radius 2 is 1.04 bits per heavy atom. The predicted molar refractivity (Wildman–Crippen MR) is 252 cm³/mol. The smallest absolute Gasteiger partial charge is 0.333 e. The average Bonchev–Trinajstić information content (AvgIpc) is 3.32. The van der Waals surface area contributed by atoms with Gasteiger partial charge in [0, 0.05) is 22.3 Å². The van der Waals surface area contributed by atoms with Crippen molar-refractivity contribution < 1.29 is 66.7 Å². The molecule has 0 saturated heterocycles. The highest BCUT2D eigenvalue weighted by molar-refractivity contribution is 5.94. The van der Waals surface area contributed by atoms with Crippen molar-refractivity contribution >= 4 is 35.8 Å². The van der Waals surface area contributed by atoms with Crippen LogP contribution in [0.5, 0.6) is 11.5 Å². The van der Waals surface area contributed by atoms with Gasteiger partial charge >= 0.3 is 35.8 Å². The number of carbonyl (C=O) groups excluding carboxylic acids is 6. The molecule has 0 aliphatic rings. The van der Waals surface area contributed by atoms with E-state index in [2.05, 4.69) is 54.8 Å². The van der Waals surface area contributed by atoms with Gasteiger partial charge < -0.3 is 37.9 Å². The van der Waals surface area contributed by atoms with Crippen LogP contribution in [0.1, 0.15) is 82.4 Å². The van der Waals surface area contributed by atoms with Crippen LogP contribution in [0.4, 0.5) is 0 Å². The molecule has 0 saturated carbocycles. The zero-order valence-corrected chi connectivity index (χ0v) is 39.5. The van der Waals surface area contributed by atoms with Gasteiger partial charge in [-0.1, -0.05) is 95.0 Å². The second kappa shape index (κ2) is 28.2. The summed E-state index contributed by atoms with van der Waals surface area (Å²) in [5.74, 6) is -3.51. The molecule has 3 rings (SSSR count). The molecule has 0 atom stereocenters. The first-order valence-electron chi connectivity index (χ1n) is 22.0. The highest BCUT2D eigenvalue weighted by Crippen LogP contribution is 2.30. The molecular formula is C53H64O14. The number of rotatable bonds is 30. The summed E-state index contributed by atoms with van der Waals surface area (Å²) < 4.78 is 43.6. The van der Waals surface area contributed by atoms with Gasteiger partial charge in [-0.15, -0.1) is 0 Å². The van der Waals surface area contributed by atoms with E-state index in [1.807, 2.05) is 30.3 Å². The molecule has 67 heavy (non-hydrogen) atoms. The molecule has 0 radical (unpaired) electrons. The molecule has 14 heteroatoms. The van der Waals surface area contributed by atoms with Crippen LogP contribution in [0.2, 0.25) is 0 Å². The van der Waals surface area contributed by atoms with Gasteiger partial charge in [0.05, 0.1) is 33.7 Å². The van der Waals surface area contributed by atoms with E-state index >= 15 is 0 Å². The molecule has 360 valence electrons. The Hall–Kier alpha value is -6.96. The van der Waals surface area contributed by atoms with Crippen molar-refractivity contribution in [3.05, 3.63) is 132 Å². The number of aryl methyl sites for hydroxylation is 2. The van der Waals surface area contributed by atoms with Crippen LogP contribution in [0.25, 0.3) is 11.1 Å². The van der Waals surface area contributed by atoms with Gasteiger partial charge in [-0.05, 0) is 91.6 Å². The third-order valence-corrected chi connectivity index (χ3v) is 10.3. The second-order valence-electron chi connectivity index (χ2n) is 16.3. The molecule has 0 fully saturated rings. The normalized spacial score (nSPS) is 10.8. The summed E-state index contributed by atoms with van der Waals surface area (Å²) in [5.41, 5.74) is 3.16. The molecule has 0 aromatic heterocycles. The molecule has 0 bridgehead atoms. The zero-order valence-electron chi connectivity index (χ0n) is 39.5.